The van der Waals surface area contributed by atoms with Gasteiger partial charge in [-0.25, -0.2) is 9.97 Å². The summed E-state index contributed by atoms with van der Waals surface area (Å²) in [7, 11) is 0. The summed E-state index contributed by atoms with van der Waals surface area (Å²) in [6.45, 7) is 0. The highest BCUT2D eigenvalue weighted by molar-refractivity contribution is 7.22. The van der Waals surface area contributed by atoms with E-state index in [1.54, 1.807) is 18.2 Å². The van der Waals surface area contributed by atoms with Crippen LogP contribution >= 0.6 is 34.5 Å². The van der Waals surface area contributed by atoms with E-state index >= 15 is 0 Å². The summed E-state index contributed by atoms with van der Waals surface area (Å²) in [5, 5.41) is 8.35. The number of nitrogens with zero attached hydrogens (tertiary/aromatic N) is 3. The van der Waals surface area contributed by atoms with E-state index in [-0.39, 0.29) is 0 Å². The number of thiazole rings is 1. The lowest BCUT2D eigenvalue weighted by Gasteiger charge is -2.06. The molecule has 0 aliphatic carbocycles. The molecule has 0 radical (unpaired) electrons. The van der Waals surface area contributed by atoms with Crippen LogP contribution in [0.15, 0.2) is 54.9 Å². The minimum absolute atomic E-state index is 0.552. The van der Waals surface area contributed by atoms with Crippen molar-refractivity contribution in [3.63, 3.8) is 0 Å². The van der Waals surface area contributed by atoms with E-state index < -0.39 is 0 Å². The summed E-state index contributed by atoms with van der Waals surface area (Å²) < 4.78 is 0.844. The first-order valence-corrected chi connectivity index (χ1v) is 8.91. The molecule has 25 heavy (non-hydrogen) atoms. The number of aromatic nitrogens is 3. The molecule has 2 heterocycles. The lowest BCUT2D eigenvalue weighted by atomic mass is 10.3. The van der Waals surface area contributed by atoms with Crippen LogP contribution in [0.5, 0.6) is 0 Å². The predicted octanol–water partition coefficient (Wildman–Crippen LogP) is 5.88. The molecule has 124 valence electrons. The minimum Gasteiger partial charge on any atom is -0.339 e. The highest BCUT2D eigenvalue weighted by Gasteiger charge is 2.11. The third-order valence-electron chi connectivity index (χ3n) is 3.34. The van der Waals surface area contributed by atoms with Gasteiger partial charge in [0, 0.05) is 21.4 Å². The van der Waals surface area contributed by atoms with Crippen molar-refractivity contribution >= 4 is 67.2 Å². The largest absolute Gasteiger partial charge is 0.339 e. The summed E-state index contributed by atoms with van der Waals surface area (Å²) in [5.41, 5.74) is 2.34. The molecule has 0 aliphatic rings. The highest BCUT2D eigenvalue weighted by atomic mass is 35.5. The fourth-order valence-corrected chi connectivity index (χ4v) is 3.71. The zero-order valence-corrected chi connectivity index (χ0v) is 15.0. The zero-order valence-electron chi connectivity index (χ0n) is 12.7. The quantitative estimate of drug-likeness (QED) is 0.457. The van der Waals surface area contributed by atoms with E-state index in [4.69, 9.17) is 23.2 Å². The van der Waals surface area contributed by atoms with Crippen LogP contribution in [0.4, 0.5) is 22.3 Å². The number of para-hydroxylation sites is 1. The number of nitrogens with one attached hydrogen (secondary N) is 2. The zero-order chi connectivity index (χ0) is 17.2. The van der Waals surface area contributed by atoms with Crippen LogP contribution in [0, 0.1) is 0 Å². The number of rotatable bonds is 4. The summed E-state index contributed by atoms with van der Waals surface area (Å²) in [6, 6.07) is 15.1. The van der Waals surface area contributed by atoms with Crippen LogP contribution < -0.4 is 10.6 Å². The van der Waals surface area contributed by atoms with Crippen LogP contribution in [-0.2, 0) is 0 Å². The number of benzene rings is 2. The van der Waals surface area contributed by atoms with Crippen LogP contribution in [0.2, 0.25) is 10.0 Å². The lowest BCUT2D eigenvalue weighted by molar-refractivity contribution is 1.20. The number of hydrogen-bond acceptors (Lipinski definition) is 6. The molecule has 8 heteroatoms. The van der Waals surface area contributed by atoms with Crippen LogP contribution in [0.3, 0.4) is 0 Å². The maximum Gasteiger partial charge on any atom is 0.189 e. The molecule has 0 saturated carbocycles. The van der Waals surface area contributed by atoms with Crippen molar-refractivity contribution in [3.8, 4) is 0 Å². The molecule has 0 amide bonds. The Bertz CT molecular complexity index is 1020. The van der Waals surface area contributed by atoms with Gasteiger partial charge in [-0.05, 0) is 30.3 Å². The number of halogens is 2. The van der Waals surface area contributed by atoms with E-state index in [1.807, 2.05) is 30.3 Å². The van der Waals surface area contributed by atoms with E-state index in [9.17, 15) is 0 Å². The molecule has 0 aliphatic heterocycles. The standard InChI is InChI=1S/C17H11Cl2N5S/c18-10-6-11(19)8-13(7-10)22-15-14-16(21-9-20-15)24-17(25-14)23-12-4-2-1-3-5-12/h1-9H,(H2,20,21,22,23,24). The molecule has 4 aromatic rings. The lowest BCUT2D eigenvalue weighted by Crippen LogP contribution is -1.94. The van der Waals surface area contributed by atoms with Crippen molar-refractivity contribution in [2.24, 2.45) is 0 Å². The van der Waals surface area contributed by atoms with Crippen molar-refractivity contribution < 1.29 is 0 Å². The smallest absolute Gasteiger partial charge is 0.189 e. The Labute approximate surface area is 157 Å². The topological polar surface area (TPSA) is 62.7 Å². The second-order valence-corrected chi connectivity index (χ2v) is 7.04. The summed E-state index contributed by atoms with van der Waals surface area (Å²) in [5.74, 6) is 0.655. The molecular weight excluding hydrogens is 377 g/mol. The van der Waals surface area contributed by atoms with Gasteiger partial charge in [0.15, 0.2) is 16.6 Å². The van der Waals surface area contributed by atoms with Gasteiger partial charge < -0.3 is 10.6 Å². The molecule has 0 atom stereocenters. The maximum absolute atomic E-state index is 6.05. The van der Waals surface area contributed by atoms with Crippen LogP contribution in [0.25, 0.3) is 10.3 Å². The molecule has 0 bridgehead atoms. The fraction of sp³-hybridized carbons (Fsp3) is 0. The normalized spacial score (nSPS) is 10.8. The van der Waals surface area contributed by atoms with E-state index in [1.165, 1.54) is 17.7 Å². The molecule has 4 rings (SSSR count). The molecule has 2 aromatic carbocycles. The third-order valence-corrected chi connectivity index (χ3v) is 4.74. The van der Waals surface area contributed by atoms with Gasteiger partial charge in [0.05, 0.1) is 0 Å². The van der Waals surface area contributed by atoms with Gasteiger partial charge in [-0.15, -0.1) is 0 Å². The maximum atomic E-state index is 6.05. The van der Waals surface area contributed by atoms with Gasteiger partial charge in [0.25, 0.3) is 0 Å². The van der Waals surface area contributed by atoms with Gasteiger partial charge in [-0.2, -0.15) is 4.98 Å². The molecule has 0 unspecified atom stereocenters. The van der Waals surface area contributed by atoms with Crippen molar-refractivity contribution in [1.82, 2.24) is 15.0 Å². The van der Waals surface area contributed by atoms with E-state index in [0.29, 0.717) is 21.5 Å². The van der Waals surface area contributed by atoms with Crippen LogP contribution in [-0.4, -0.2) is 15.0 Å². The molecule has 0 fully saturated rings. The first kappa shape index (κ1) is 16.1. The molecule has 0 saturated heterocycles. The first-order chi connectivity index (χ1) is 12.2. The fourth-order valence-electron chi connectivity index (χ4n) is 2.30. The summed E-state index contributed by atoms with van der Waals surface area (Å²) in [6.07, 6.45) is 1.48. The number of anilines is 4. The Balaban J connectivity index is 1.67. The Morgan fingerprint density at radius 2 is 1.60 bits per heavy atom. The summed E-state index contributed by atoms with van der Waals surface area (Å²) >= 11 is 13.6. The van der Waals surface area contributed by atoms with Gasteiger partial charge in [-0.1, -0.05) is 52.7 Å². The molecule has 2 N–H and O–H groups in total. The van der Waals surface area contributed by atoms with Crippen molar-refractivity contribution in [1.29, 1.82) is 0 Å². The number of hydrogen-bond donors (Lipinski definition) is 2. The highest BCUT2D eigenvalue weighted by Crippen LogP contribution is 2.33. The monoisotopic (exact) mass is 387 g/mol. The molecule has 5 nitrogen and oxygen atoms in total. The number of fused-ring (bicyclic) bond motifs is 1. The second-order valence-electron chi connectivity index (χ2n) is 5.17. The van der Waals surface area contributed by atoms with Gasteiger partial charge >= 0.3 is 0 Å². The van der Waals surface area contributed by atoms with E-state index in [0.717, 1.165) is 21.2 Å². The average Bonchev–Trinajstić information content (AvgIpc) is 2.98. The SMILES string of the molecule is Clc1cc(Cl)cc(Nc2ncnc3nc(Nc4ccccc4)sc23)c1. The molecule has 0 spiro atoms. The Hall–Kier alpha value is -2.41. The van der Waals surface area contributed by atoms with Crippen molar-refractivity contribution in [3.05, 3.63) is 64.9 Å². The third kappa shape index (κ3) is 3.66. The van der Waals surface area contributed by atoms with Crippen molar-refractivity contribution in [2.45, 2.75) is 0 Å². The van der Waals surface area contributed by atoms with Crippen LogP contribution in [0.1, 0.15) is 0 Å². The van der Waals surface area contributed by atoms with E-state index in [2.05, 4.69) is 25.6 Å². The predicted molar refractivity (Wildman–Crippen MR) is 105 cm³/mol. The Morgan fingerprint density at radius 3 is 2.36 bits per heavy atom. The van der Waals surface area contributed by atoms with Gasteiger partial charge in [0.1, 0.15) is 11.0 Å². The average molecular weight is 388 g/mol. The molecular formula is C17H11Cl2N5S. The Morgan fingerprint density at radius 1 is 0.840 bits per heavy atom. The van der Waals surface area contributed by atoms with Crippen molar-refractivity contribution in [2.75, 3.05) is 10.6 Å². The minimum atomic E-state index is 0.552. The second kappa shape index (κ2) is 6.84. The summed E-state index contributed by atoms with van der Waals surface area (Å²) in [4.78, 5) is 13.1. The molecule has 2 aromatic heterocycles. The van der Waals surface area contributed by atoms with Gasteiger partial charge in [-0.3, -0.25) is 0 Å². The Kier molecular flexibility index (Phi) is 4.40. The first-order valence-electron chi connectivity index (χ1n) is 7.34. The van der Waals surface area contributed by atoms with Gasteiger partial charge in [0.2, 0.25) is 0 Å².